The highest BCUT2D eigenvalue weighted by molar-refractivity contribution is 6.32. The fraction of sp³-hybridized carbons (Fsp3) is 0.452. The molecule has 0 unspecified atom stereocenters. The van der Waals surface area contributed by atoms with Crippen LogP contribution in [-0.4, -0.2) is 45.5 Å². The van der Waals surface area contributed by atoms with Gasteiger partial charge in [0.15, 0.2) is 5.71 Å². The number of carboxylic acid groups (broad SMARTS) is 2. The van der Waals surface area contributed by atoms with E-state index in [1.807, 2.05) is 0 Å². The SMILES string of the molecule is CC1(C)C(/C=C/C2=C(Cl)C(=C/C=C3/N(CCCCCC(=O)O)c4ccccc4C3(C)C)/CCC2)=[N+](CCCCCC(=O)O)c2ccccc21.[Cl-]. The molecule has 2 aromatic carbocycles. The van der Waals surface area contributed by atoms with Gasteiger partial charge in [-0.25, -0.2) is 0 Å². The molecule has 50 heavy (non-hydrogen) atoms. The molecule has 2 N–H and O–H groups in total. The highest BCUT2D eigenvalue weighted by atomic mass is 35.5. The van der Waals surface area contributed by atoms with Crippen LogP contribution in [0.15, 0.2) is 94.7 Å². The van der Waals surface area contributed by atoms with Crippen LogP contribution in [0, 0.1) is 0 Å². The van der Waals surface area contributed by atoms with Gasteiger partial charge in [0, 0.05) is 65.3 Å². The van der Waals surface area contributed by atoms with Crippen molar-refractivity contribution < 1.29 is 36.8 Å². The average molecular weight is 720 g/mol. The molecule has 0 atom stereocenters. The molecule has 0 saturated carbocycles. The highest BCUT2D eigenvalue weighted by Crippen LogP contribution is 2.48. The first-order valence-electron chi connectivity index (χ1n) is 18.0. The molecule has 2 aliphatic heterocycles. The number of aliphatic carboxylic acids is 2. The van der Waals surface area contributed by atoms with Crippen LogP contribution in [0.2, 0.25) is 0 Å². The predicted octanol–water partition coefficient (Wildman–Crippen LogP) is 7.20. The Bertz CT molecular complexity index is 1730. The summed E-state index contributed by atoms with van der Waals surface area (Å²) in [4.78, 5) is 24.4. The minimum absolute atomic E-state index is 0. The summed E-state index contributed by atoms with van der Waals surface area (Å²) >= 11 is 7.20. The van der Waals surface area contributed by atoms with Crippen molar-refractivity contribution in [2.24, 2.45) is 0 Å². The van der Waals surface area contributed by atoms with Crippen molar-refractivity contribution in [3.63, 3.8) is 0 Å². The number of halogens is 2. The lowest BCUT2D eigenvalue weighted by Crippen LogP contribution is -3.00. The van der Waals surface area contributed by atoms with E-state index >= 15 is 0 Å². The molecule has 0 saturated heterocycles. The number of rotatable bonds is 15. The zero-order valence-electron chi connectivity index (χ0n) is 30.0. The monoisotopic (exact) mass is 718 g/mol. The third-order valence-electron chi connectivity index (χ3n) is 10.5. The van der Waals surface area contributed by atoms with E-state index in [-0.39, 0.29) is 36.1 Å². The fourth-order valence-electron chi connectivity index (χ4n) is 7.78. The molecule has 2 heterocycles. The second-order valence-electron chi connectivity index (χ2n) is 14.7. The quantitative estimate of drug-likeness (QED) is 0.151. The van der Waals surface area contributed by atoms with Gasteiger partial charge in [0.25, 0.3) is 0 Å². The lowest BCUT2D eigenvalue weighted by Gasteiger charge is -2.27. The van der Waals surface area contributed by atoms with E-state index in [2.05, 4.69) is 110 Å². The molecular formula is C42H52Cl2N2O4. The molecule has 5 rings (SSSR count). The maximum atomic E-state index is 11.0. The maximum absolute atomic E-state index is 11.0. The van der Waals surface area contributed by atoms with E-state index in [1.54, 1.807) is 0 Å². The van der Waals surface area contributed by atoms with E-state index < -0.39 is 11.9 Å². The van der Waals surface area contributed by atoms with Gasteiger partial charge in [-0.3, -0.25) is 9.59 Å². The molecule has 0 radical (unpaired) electrons. The van der Waals surface area contributed by atoms with Crippen LogP contribution in [0.5, 0.6) is 0 Å². The van der Waals surface area contributed by atoms with Crippen molar-refractivity contribution in [3.8, 4) is 0 Å². The Morgan fingerprint density at radius 2 is 1.44 bits per heavy atom. The Hall–Kier alpha value is -3.61. The van der Waals surface area contributed by atoms with Gasteiger partial charge in [0.2, 0.25) is 5.69 Å². The fourth-order valence-corrected chi connectivity index (χ4v) is 8.09. The molecule has 0 amide bonds. The third-order valence-corrected chi connectivity index (χ3v) is 11.0. The first-order valence-corrected chi connectivity index (χ1v) is 18.3. The first kappa shape index (κ1) is 39.2. The number of anilines is 1. The van der Waals surface area contributed by atoms with Gasteiger partial charge in [0.05, 0.1) is 5.41 Å². The number of hydrogen-bond donors (Lipinski definition) is 2. The molecule has 8 heteroatoms. The smallest absolute Gasteiger partial charge is 0.303 e. The first-order chi connectivity index (χ1) is 23.4. The molecular weight excluding hydrogens is 667 g/mol. The topological polar surface area (TPSA) is 80.9 Å². The number of para-hydroxylation sites is 2. The van der Waals surface area contributed by atoms with Gasteiger partial charge in [-0.2, -0.15) is 4.58 Å². The van der Waals surface area contributed by atoms with Gasteiger partial charge < -0.3 is 27.5 Å². The predicted molar refractivity (Wildman–Crippen MR) is 200 cm³/mol. The second kappa shape index (κ2) is 17.1. The van der Waals surface area contributed by atoms with Crippen molar-refractivity contribution in [2.45, 2.75) is 109 Å². The summed E-state index contributed by atoms with van der Waals surface area (Å²) in [6.45, 7) is 10.8. The van der Waals surface area contributed by atoms with Crippen LogP contribution < -0.4 is 17.3 Å². The van der Waals surface area contributed by atoms with Crippen molar-refractivity contribution in [1.29, 1.82) is 0 Å². The van der Waals surface area contributed by atoms with Crippen LogP contribution in [0.3, 0.4) is 0 Å². The Labute approximate surface area is 309 Å². The summed E-state index contributed by atoms with van der Waals surface area (Å²) in [6.07, 6.45) is 17.3. The summed E-state index contributed by atoms with van der Waals surface area (Å²) in [5.74, 6) is -1.46. The average Bonchev–Trinajstić information content (AvgIpc) is 3.41. The van der Waals surface area contributed by atoms with Gasteiger partial charge in [-0.15, -0.1) is 0 Å². The molecule has 1 aliphatic carbocycles. The minimum Gasteiger partial charge on any atom is -1.00 e. The molecule has 0 spiro atoms. The highest BCUT2D eigenvalue weighted by Gasteiger charge is 2.44. The van der Waals surface area contributed by atoms with Gasteiger partial charge >= 0.3 is 11.9 Å². The van der Waals surface area contributed by atoms with Crippen LogP contribution in [0.1, 0.15) is 109 Å². The zero-order chi connectivity index (χ0) is 35.2. The molecule has 0 aromatic heterocycles. The minimum atomic E-state index is -0.732. The molecule has 268 valence electrons. The Morgan fingerprint density at radius 3 is 2.14 bits per heavy atom. The number of benzene rings is 2. The summed E-state index contributed by atoms with van der Waals surface area (Å²) in [5.41, 5.74) is 9.53. The van der Waals surface area contributed by atoms with E-state index in [1.165, 1.54) is 33.9 Å². The molecule has 0 bridgehead atoms. The largest absolute Gasteiger partial charge is 1.00 e. The van der Waals surface area contributed by atoms with Crippen LogP contribution in [0.25, 0.3) is 0 Å². The van der Waals surface area contributed by atoms with Crippen molar-refractivity contribution >= 4 is 40.6 Å². The summed E-state index contributed by atoms with van der Waals surface area (Å²) in [7, 11) is 0. The molecule has 6 nitrogen and oxygen atoms in total. The summed E-state index contributed by atoms with van der Waals surface area (Å²) in [5, 5.41) is 19.0. The maximum Gasteiger partial charge on any atom is 0.303 e. The lowest BCUT2D eigenvalue weighted by molar-refractivity contribution is -0.438. The normalized spacial score (nSPS) is 19.3. The number of fused-ring (bicyclic) bond motifs is 2. The van der Waals surface area contributed by atoms with E-state index in [9.17, 15) is 9.59 Å². The number of unbranched alkanes of at least 4 members (excludes halogenated alkanes) is 4. The summed E-state index contributed by atoms with van der Waals surface area (Å²) in [6, 6.07) is 17.2. The lowest BCUT2D eigenvalue weighted by atomic mass is 9.81. The van der Waals surface area contributed by atoms with Crippen molar-refractivity contribution in [3.05, 3.63) is 106 Å². The Morgan fingerprint density at radius 1 is 0.800 bits per heavy atom. The van der Waals surface area contributed by atoms with Gasteiger partial charge in [-0.1, -0.05) is 80.4 Å². The number of nitrogens with zero attached hydrogens (tertiary/aromatic N) is 2. The molecule has 2 aromatic rings. The van der Waals surface area contributed by atoms with Crippen molar-refractivity contribution in [2.75, 3.05) is 18.0 Å². The molecule has 0 fully saturated rings. The Kier molecular flexibility index (Phi) is 13.4. The number of hydrogen-bond acceptors (Lipinski definition) is 3. The zero-order valence-corrected chi connectivity index (χ0v) is 31.5. The van der Waals surface area contributed by atoms with Gasteiger partial charge in [0.1, 0.15) is 6.54 Å². The van der Waals surface area contributed by atoms with Crippen LogP contribution in [0.4, 0.5) is 11.4 Å². The third kappa shape index (κ3) is 8.63. The Balaban J connectivity index is 0.00000562. The van der Waals surface area contributed by atoms with Crippen LogP contribution in [-0.2, 0) is 20.4 Å². The van der Waals surface area contributed by atoms with E-state index in [0.717, 1.165) is 74.2 Å². The van der Waals surface area contributed by atoms with Gasteiger partial charge in [-0.05, 0) is 87.6 Å². The van der Waals surface area contributed by atoms with Crippen molar-refractivity contribution in [1.82, 2.24) is 0 Å². The van der Waals surface area contributed by atoms with E-state index in [0.29, 0.717) is 12.8 Å². The number of allylic oxidation sites excluding steroid dienone is 8. The van der Waals surface area contributed by atoms with Crippen LogP contribution >= 0.6 is 11.6 Å². The summed E-state index contributed by atoms with van der Waals surface area (Å²) < 4.78 is 2.42. The number of carboxylic acids is 2. The van der Waals surface area contributed by atoms with E-state index in [4.69, 9.17) is 21.8 Å². The second-order valence-corrected chi connectivity index (χ2v) is 15.0. The molecule has 3 aliphatic rings. The standard InChI is InChI=1S/C42H51ClN2O4.ClH/c1-41(2)32-18-9-11-20-34(32)44(28-13-5-7-22-38(46)47)36(41)26-24-30-16-15-17-31(40(30)43)25-27-37-42(3,4)33-19-10-12-21-35(33)45(37)29-14-6-8-23-39(48)49;/h9-12,18-21,24-27H,5-8,13-17,22-23,28-29H2,1-4H3,(H-,46,47,48,49);1H. The number of carbonyl (C=O) groups is 2.